The first kappa shape index (κ1) is 22.6. The van der Waals surface area contributed by atoms with E-state index in [1.165, 1.54) is 0 Å². The van der Waals surface area contributed by atoms with Gasteiger partial charge < -0.3 is 30.6 Å². The minimum atomic E-state index is -0.761. The van der Waals surface area contributed by atoms with Gasteiger partial charge in [-0.1, -0.05) is 35.5 Å². The number of imidazole rings is 1. The number of nitrogens with one attached hydrogen (secondary N) is 1. The highest BCUT2D eigenvalue weighted by molar-refractivity contribution is 5.93. The van der Waals surface area contributed by atoms with Crippen molar-refractivity contribution in [3.8, 4) is 17.0 Å². The van der Waals surface area contributed by atoms with Crippen molar-refractivity contribution < 1.29 is 19.6 Å². The predicted molar refractivity (Wildman–Crippen MR) is 121 cm³/mol. The molecule has 0 saturated carbocycles. The molecule has 0 radical (unpaired) electrons. The number of rotatable bonds is 12. The van der Waals surface area contributed by atoms with Crippen LogP contribution in [0, 0.1) is 0 Å². The fraction of sp³-hybridized carbons (Fsp3) is 0.364. The van der Waals surface area contributed by atoms with Crippen LogP contribution in [0.15, 0.2) is 47.5 Å². The molecule has 0 saturated heterocycles. The molecular formula is C22H27N7O4. The van der Waals surface area contributed by atoms with Gasteiger partial charge in [-0.05, 0) is 18.1 Å². The summed E-state index contributed by atoms with van der Waals surface area (Å²) in [5.41, 5.74) is 9.71. The highest BCUT2D eigenvalue weighted by Crippen LogP contribution is 2.32. The molecule has 0 fully saturated rings. The molecule has 5 N–H and O–H groups in total. The molecule has 1 atom stereocenters. The maximum absolute atomic E-state index is 9.39. The van der Waals surface area contributed by atoms with Gasteiger partial charge in [0, 0.05) is 25.1 Å². The third-order valence-corrected chi connectivity index (χ3v) is 5.18. The van der Waals surface area contributed by atoms with E-state index in [2.05, 4.69) is 25.6 Å². The van der Waals surface area contributed by atoms with Gasteiger partial charge in [0.1, 0.15) is 16.7 Å². The Labute approximate surface area is 190 Å². The van der Waals surface area contributed by atoms with Gasteiger partial charge in [-0.25, -0.2) is 14.6 Å². The quantitative estimate of drug-likeness (QED) is 0.228. The van der Waals surface area contributed by atoms with Crippen LogP contribution in [0.5, 0.6) is 5.75 Å². The fourth-order valence-electron chi connectivity index (χ4n) is 3.47. The molecule has 4 aromatic rings. The minimum absolute atomic E-state index is 0.263. The van der Waals surface area contributed by atoms with E-state index in [9.17, 15) is 5.11 Å². The maximum Gasteiger partial charge on any atom is 0.191 e. The third kappa shape index (κ3) is 5.45. The molecule has 0 amide bonds. The summed E-state index contributed by atoms with van der Waals surface area (Å²) in [4.78, 5) is 9.26. The van der Waals surface area contributed by atoms with Crippen LogP contribution in [-0.2, 0) is 13.0 Å². The number of fused-ring (bicyclic) bond motifs is 1. The summed E-state index contributed by atoms with van der Waals surface area (Å²) in [6.07, 6.45) is 3.96. The van der Waals surface area contributed by atoms with E-state index in [-0.39, 0.29) is 12.4 Å². The van der Waals surface area contributed by atoms with Crippen LogP contribution in [0.1, 0.15) is 12.1 Å². The number of aliphatic hydroxyl groups is 2. The molecule has 1 aromatic carbocycles. The molecule has 0 spiro atoms. The SMILES string of the molecule is Nc1nonc1CCn1cnc2c(-c3ccccc3)ncc(OCCCNC[C@H](O)CO)c21. The average Bonchev–Trinajstić information content (AvgIpc) is 3.46. The fourth-order valence-corrected chi connectivity index (χ4v) is 3.47. The van der Waals surface area contributed by atoms with Crippen LogP contribution in [0.4, 0.5) is 5.82 Å². The lowest BCUT2D eigenvalue weighted by molar-refractivity contribution is 0.0942. The first-order valence-electron chi connectivity index (χ1n) is 10.8. The van der Waals surface area contributed by atoms with Gasteiger partial charge in [-0.3, -0.25) is 0 Å². The number of hydrogen-bond donors (Lipinski definition) is 4. The van der Waals surface area contributed by atoms with Gasteiger partial charge in [0.15, 0.2) is 11.6 Å². The van der Waals surface area contributed by atoms with Crippen molar-refractivity contribution in [2.24, 2.45) is 0 Å². The predicted octanol–water partition coefficient (Wildman–Crippen LogP) is 1.02. The van der Waals surface area contributed by atoms with E-state index < -0.39 is 6.10 Å². The molecule has 0 aliphatic heterocycles. The molecule has 11 heteroatoms. The summed E-state index contributed by atoms with van der Waals surface area (Å²) in [6, 6.07) is 9.88. The number of hydrogen-bond acceptors (Lipinski definition) is 10. The molecule has 11 nitrogen and oxygen atoms in total. The second-order valence-corrected chi connectivity index (χ2v) is 7.56. The highest BCUT2D eigenvalue weighted by Gasteiger charge is 2.17. The van der Waals surface area contributed by atoms with Gasteiger partial charge in [-0.2, -0.15) is 0 Å². The number of nitrogen functional groups attached to an aromatic ring is 1. The summed E-state index contributed by atoms with van der Waals surface area (Å²) in [5.74, 6) is 0.908. The molecule has 4 rings (SSSR count). The number of ether oxygens (including phenoxy) is 1. The monoisotopic (exact) mass is 453 g/mol. The molecular weight excluding hydrogens is 426 g/mol. The first-order valence-corrected chi connectivity index (χ1v) is 10.8. The Kier molecular flexibility index (Phi) is 7.45. The van der Waals surface area contributed by atoms with Crippen molar-refractivity contribution in [3.63, 3.8) is 0 Å². The second-order valence-electron chi connectivity index (χ2n) is 7.56. The number of aliphatic hydroxyl groups excluding tert-OH is 2. The zero-order valence-electron chi connectivity index (χ0n) is 18.1. The Morgan fingerprint density at radius 1 is 1.18 bits per heavy atom. The number of anilines is 1. The van der Waals surface area contributed by atoms with Crippen molar-refractivity contribution in [2.75, 3.05) is 32.0 Å². The molecule has 3 aromatic heterocycles. The van der Waals surface area contributed by atoms with E-state index in [4.69, 9.17) is 20.2 Å². The van der Waals surface area contributed by atoms with E-state index >= 15 is 0 Å². The van der Waals surface area contributed by atoms with Crippen molar-refractivity contribution in [1.82, 2.24) is 30.2 Å². The molecule has 33 heavy (non-hydrogen) atoms. The lowest BCUT2D eigenvalue weighted by Crippen LogP contribution is -2.30. The molecule has 0 aliphatic carbocycles. The lowest BCUT2D eigenvalue weighted by atomic mass is 10.1. The Balaban J connectivity index is 1.53. The summed E-state index contributed by atoms with van der Waals surface area (Å²) >= 11 is 0. The van der Waals surface area contributed by atoms with Crippen LogP contribution >= 0.6 is 0 Å². The number of benzene rings is 1. The highest BCUT2D eigenvalue weighted by atomic mass is 16.6. The van der Waals surface area contributed by atoms with Gasteiger partial charge in [-0.15, -0.1) is 0 Å². The maximum atomic E-state index is 9.39. The van der Waals surface area contributed by atoms with Crippen molar-refractivity contribution >= 4 is 16.9 Å². The van der Waals surface area contributed by atoms with Crippen LogP contribution < -0.4 is 15.8 Å². The zero-order valence-corrected chi connectivity index (χ0v) is 18.1. The Morgan fingerprint density at radius 2 is 2.03 bits per heavy atom. The van der Waals surface area contributed by atoms with E-state index in [1.807, 2.05) is 34.9 Å². The average molecular weight is 454 g/mol. The minimum Gasteiger partial charge on any atom is -0.490 e. The van der Waals surface area contributed by atoms with E-state index in [0.29, 0.717) is 44.1 Å². The standard InChI is InChI=1S/C22H27N7O4/c23-22-17(27-33-28-22)7-9-29-14-26-20-19(15-5-2-1-3-6-15)25-12-18(21(20)29)32-10-4-8-24-11-16(31)13-30/h1-3,5-6,12,14,16,24,30-31H,4,7-11,13H2,(H2,23,28)/t16-/m0/s1. The van der Waals surface area contributed by atoms with Crippen molar-refractivity contribution in [2.45, 2.75) is 25.5 Å². The topological polar surface area (TPSA) is 157 Å². The molecule has 3 heterocycles. The van der Waals surface area contributed by atoms with E-state index in [1.54, 1.807) is 12.5 Å². The van der Waals surface area contributed by atoms with Gasteiger partial charge >= 0.3 is 0 Å². The third-order valence-electron chi connectivity index (χ3n) is 5.18. The van der Waals surface area contributed by atoms with Crippen LogP contribution in [0.25, 0.3) is 22.3 Å². The van der Waals surface area contributed by atoms with Gasteiger partial charge in [0.2, 0.25) is 0 Å². The summed E-state index contributed by atoms with van der Waals surface area (Å²) in [6.45, 7) is 1.73. The second kappa shape index (κ2) is 10.9. The number of nitrogens with two attached hydrogens (primary N) is 1. The first-order chi connectivity index (χ1) is 16.2. The number of aryl methyl sites for hydroxylation is 2. The lowest BCUT2D eigenvalue weighted by Gasteiger charge is -2.12. The van der Waals surface area contributed by atoms with Crippen molar-refractivity contribution in [1.29, 1.82) is 0 Å². The van der Waals surface area contributed by atoms with Crippen LogP contribution in [0.2, 0.25) is 0 Å². The summed E-state index contributed by atoms with van der Waals surface area (Å²) < 4.78 is 12.7. The van der Waals surface area contributed by atoms with Crippen molar-refractivity contribution in [3.05, 3.63) is 48.5 Å². The number of nitrogens with zero attached hydrogens (tertiary/aromatic N) is 5. The number of aromatic nitrogens is 5. The Hall–Kier alpha value is -3.54. The normalized spacial score (nSPS) is 12.3. The smallest absolute Gasteiger partial charge is 0.191 e. The van der Waals surface area contributed by atoms with Crippen LogP contribution in [-0.4, -0.2) is 67.5 Å². The van der Waals surface area contributed by atoms with E-state index in [0.717, 1.165) is 28.7 Å². The summed E-state index contributed by atoms with van der Waals surface area (Å²) in [7, 11) is 0. The molecule has 174 valence electrons. The van der Waals surface area contributed by atoms with Gasteiger partial charge in [0.05, 0.1) is 37.5 Å². The largest absolute Gasteiger partial charge is 0.490 e. The zero-order chi connectivity index (χ0) is 23.0. The van der Waals surface area contributed by atoms with Crippen LogP contribution in [0.3, 0.4) is 0 Å². The Bertz CT molecular complexity index is 1160. The Morgan fingerprint density at radius 3 is 2.79 bits per heavy atom. The molecule has 0 bridgehead atoms. The molecule has 0 aliphatic rings. The number of pyridine rings is 1. The summed E-state index contributed by atoms with van der Waals surface area (Å²) in [5, 5.41) is 28.8. The van der Waals surface area contributed by atoms with Gasteiger partial charge in [0.25, 0.3) is 0 Å². The molecule has 0 unspecified atom stereocenters.